The molecule has 0 bridgehead atoms. The normalized spacial score (nSPS) is 11.5. The summed E-state index contributed by atoms with van der Waals surface area (Å²) in [6, 6.07) is 15.3. The highest BCUT2D eigenvalue weighted by molar-refractivity contribution is 7.89. The summed E-state index contributed by atoms with van der Waals surface area (Å²) in [6.07, 6.45) is 0. The number of nitrogens with one attached hydrogen (secondary N) is 1. The maximum absolute atomic E-state index is 12.5. The molecule has 3 aromatic rings. The van der Waals surface area contributed by atoms with Gasteiger partial charge in [-0.25, -0.2) is 17.8 Å². The number of hydrogen-bond donors (Lipinski definition) is 1. The molecule has 1 heterocycles. The number of sulfonamides is 1. The van der Waals surface area contributed by atoms with E-state index in [1.165, 1.54) is 10.7 Å². The zero-order valence-corrected chi connectivity index (χ0v) is 17.1. The molecule has 0 fully saturated rings. The summed E-state index contributed by atoms with van der Waals surface area (Å²) in [6.45, 7) is 3.85. The van der Waals surface area contributed by atoms with Crippen LogP contribution in [0.1, 0.15) is 11.1 Å². The van der Waals surface area contributed by atoms with Crippen molar-refractivity contribution in [1.29, 1.82) is 0 Å². The van der Waals surface area contributed by atoms with Gasteiger partial charge in [0.25, 0.3) is 5.56 Å². The van der Waals surface area contributed by atoms with Gasteiger partial charge in [0, 0.05) is 23.2 Å². The zero-order valence-electron chi connectivity index (χ0n) is 15.5. The summed E-state index contributed by atoms with van der Waals surface area (Å²) in [4.78, 5) is 12.3. The minimum Gasteiger partial charge on any atom is -0.268 e. The highest BCUT2D eigenvalue weighted by Gasteiger charge is 2.14. The SMILES string of the molecule is Cc1cc(C)cc(S(=O)(=O)NCCn2nc(-c3ccc(Cl)cc3)ccc2=O)c1. The van der Waals surface area contributed by atoms with Gasteiger partial charge in [0.1, 0.15) is 0 Å². The van der Waals surface area contributed by atoms with E-state index in [9.17, 15) is 13.2 Å². The van der Waals surface area contributed by atoms with Crippen LogP contribution in [0.5, 0.6) is 0 Å². The van der Waals surface area contributed by atoms with Crippen molar-refractivity contribution >= 4 is 21.6 Å². The Balaban J connectivity index is 1.74. The maximum Gasteiger partial charge on any atom is 0.266 e. The zero-order chi connectivity index (χ0) is 20.3. The van der Waals surface area contributed by atoms with E-state index in [1.807, 2.05) is 32.0 Å². The monoisotopic (exact) mass is 417 g/mol. The molecule has 0 saturated heterocycles. The number of benzene rings is 2. The van der Waals surface area contributed by atoms with Crippen LogP contribution in [0.3, 0.4) is 0 Å². The standard InChI is InChI=1S/C20H20ClN3O3S/c1-14-11-15(2)13-18(12-14)28(26,27)22-9-10-24-20(25)8-7-19(23-24)16-3-5-17(21)6-4-16/h3-8,11-13,22H,9-10H2,1-2H3. The Labute approximate surface area is 168 Å². The molecule has 0 aliphatic carbocycles. The minimum absolute atomic E-state index is 0.0479. The molecule has 0 spiro atoms. The van der Waals surface area contributed by atoms with Crippen molar-refractivity contribution in [2.45, 2.75) is 25.3 Å². The number of aromatic nitrogens is 2. The Morgan fingerprint density at radius 3 is 2.29 bits per heavy atom. The van der Waals surface area contributed by atoms with Crippen LogP contribution in [-0.4, -0.2) is 24.7 Å². The number of hydrogen-bond acceptors (Lipinski definition) is 4. The highest BCUT2D eigenvalue weighted by Crippen LogP contribution is 2.18. The van der Waals surface area contributed by atoms with Gasteiger partial charge < -0.3 is 0 Å². The molecular weight excluding hydrogens is 398 g/mol. The van der Waals surface area contributed by atoms with Gasteiger partial charge in [0.2, 0.25) is 10.0 Å². The largest absolute Gasteiger partial charge is 0.268 e. The van der Waals surface area contributed by atoms with Gasteiger partial charge in [0.15, 0.2) is 0 Å². The quantitative estimate of drug-likeness (QED) is 0.668. The van der Waals surface area contributed by atoms with Crippen molar-refractivity contribution in [2.75, 3.05) is 6.54 Å². The van der Waals surface area contributed by atoms with Crippen molar-refractivity contribution in [3.8, 4) is 11.3 Å². The number of aryl methyl sites for hydroxylation is 2. The predicted octanol–water partition coefficient (Wildman–Crippen LogP) is 3.16. The summed E-state index contributed by atoms with van der Waals surface area (Å²) in [5, 5.41) is 4.93. The second kappa shape index (κ2) is 8.26. The fraction of sp³-hybridized carbons (Fsp3) is 0.200. The van der Waals surface area contributed by atoms with E-state index in [0.717, 1.165) is 16.7 Å². The summed E-state index contributed by atoms with van der Waals surface area (Å²) >= 11 is 5.90. The minimum atomic E-state index is -3.66. The highest BCUT2D eigenvalue weighted by atomic mass is 35.5. The predicted molar refractivity (Wildman–Crippen MR) is 110 cm³/mol. The van der Waals surface area contributed by atoms with Crippen molar-refractivity contribution in [3.05, 3.63) is 81.1 Å². The van der Waals surface area contributed by atoms with E-state index in [1.54, 1.807) is 30.3 Å². The van der Waals surface area contributed by atoms with Crippen molar-refractivity contribution in [2.24, 2.45) is 0 Å². The number of nitrogens with zero attached hydrogens (tertiary/aromatic N) is 2. The second-order valence-corrected chi connectivity index (χ2v) is 8.71. The molecule has 3 rings (SSSR count). The molecule has 6 nitrogen and oxygen atoms in total. The fourth-order valence-electron chi connectivity index (χ4n) is 2.84. The third-order valence-corrected chi connectivity index (χ3v) is 5.82. The second-order valence-electron chi connectivity index (χ2n) is 6.51. The lowest BCUT2D eigenvalue weighted by molar-refractivity contribution is 0.548. The molecule has 2 aromatic carbocycles. The third kappa shape index (κ3) is 4.86. The molecule has 1 N–H and O–H groups in total. The molecule has 0 unspecified atom stereocenters. The fourth-order valence-corrected chi connectivity index (χ4v) is 4.18. The van der Waals surface area contributed by atoms with Crippen molar-refractivity contribution in [3.63, 3.8) is 0 Å². The molecular formula is C20H20ClN3O3S. The van der Waals surface area contributed by atoms with Crippen molar-refractivity contribution in [1.82, 2.24) is 14.5 Å². The first-order valence-electron chi connectivity index (χ1n) is 8.67. The topological polar surface area (TPSA) is 81.1 Å². The van der Waals surface area contributed by atoms with Crippen LogP contribution in [0.15, 0.2) is 64.3 Å². The lowest BCUT2D eigenvalue weighted by atomic mass is 10.1. The summed E-state index contributed by atoms with van der Waals surface area (Å²) in [5.74, 6) is 0. The molecule has 0 atom stereocenters. The Bertz CT molecular complexity index is 1140. The van der Waals surface area contributed by atoms with Gasteiger partial charge in [0.05, 0.1) is 17.1 Å². The Hall–Kier alpha value is -2.48. The van der Waals surface area contributed by atoms with Gasteiger partial charge in [-0.1, -0.05) is 29.8 Å². The number of rotatable bonds is 6. The van der Waals surface area contributed by atoms with Crippen LogP contribution < -0.4 is 10.3 Å². The lowest BCUT2D eigenvalue weighted by Crippen LogP contribution is -2.32. The van der Waals surface area contributed by atoms with Gasteiger partial charge in [-0.05, 0) is 55.3 Å². The van der Waals surface area contributed by atoms with Gasteiger partial charge in [-0.2, -0.15) is 5.10 Å². The van der Waals surface area contributed by atoms with Gasteiger partial charge >= 0.3 is 0 Å². The van der Waals surface area contributed by atoms with E-state index in [4.69, 9.17) is 11.6 Å². The smallest absolute Gasteiger partial charge is 0.266 e. The molecule has 28 heavy (non-hydrogen) atoms. The van der Waals surface area contributed by atoms with E-state index in [0.29, 0.717) is 10.7 Å². The van der Waals surface area contributed by atoms with Crippen molar-refractivity contribution < 1.29 is 8.42 Å². The van der Waals surface area contributed by atoms with Crippen LogP contribution in [0.4, 0.5) is 0 Å². The first-order chi connectivity index (χ1) is 13.2. The van der Waals surface area contributed by atoms with Crippen LogP contribution in [0, 0.1) is 13.8 Å². The van der Waals surface area contributed by atoms with E-state index >= 15 is 0 Å². The van der Waals surface area contributed by atoms with Crippen LogP contribution >= 0.6 is 11.6 Å². The Morgan fingerprint density at radius 1 is 1.00 bits per heavy atom. The first-order valence-corrected chi connectivity index (χ1v) is 10.5. The molecule has 0 radical (unpaired) electrons. The third-order valence-electron chi connectivity index (χ3n) is 4.13. The average molecular weight is 418 g/mol. The van der Waals surface area contributed by atoms with E-state index in [2.05, 4.69) is 9.82 Å². The maximum atomic E-state index is 12.5. The summed E-state index contributed by atoms with van der Waals surface area (Å²) < 4.78 is 28.8. The molecule has 0 amide bonds. The molecule has 0 aliphatic heterocycles. The van der Waals surface area contributed by atoms with Crippen LogP contribution in [0.2, 0.25) is 5.02 Å². The summed E-state index contributed by atoms with van der Waals surface area (Å²) in [5.41, 5.74) is 2.86. The van der Waals surface area contributed by atoms with E-state index in [-0.39, 0.29) is 23.5 Å². The van der Waals surface area contributed by atoms with Crippen LogP contribution in [-0.2, 0) is 16.6 Å². The Kier molecular flexibility index (Phi) is 5.98. The van der Waals surface area contributed by atoms with E-state index < -0.39 is 10.0 Å². The first kappa shape index (κ1) is 20.3. The summed E-state index contributed by atoms with van der Waals surface area (Å²) in [7, 11) is -3.66. The number of halogens is 1. The molecule has 8 heteroatoms. The molecule has 0 saturated carbocycles. The molecule has 0 aliphatic rings. The van der Waals surface area contributed by atoms with Gasteiger partial charge in [-0.3, -0.25) is 4.79 Å². The Morgan fingerprint density at radius 2 is 1.64 bits per heavy atom. The molecule has 1 aromatic heterocycles. The average Bonchev–Trinajstić information content (AvgIpc) is 2.63. The molecule has 146 valence electrons. The van der Waals surface area contributed by atoms with Crippen LogP contribution in [0.25, 0.3) is 11.3 Å². The van der Waals surface area contributed by atoms with Gasteiger partial charge in [-0.15, -0.1) is 0 Å². The lowest BCUT2D eigenvalue weighted by Gasteiger charge is -2.10.